The van der Waals surface area contributed by atoms with Gasteiger partial charge in [0.25, 0.3) is 5.91 Å². The van der Waals surface area contributed by atoms with Crippen molar-refractivity contribution in [1.82, 2.24) is 14.9 Å². The van der Waals surface area contributed by atoms with E-state index >= 15 is 0 Å². The summed E-state index contributed by atoms with van der Waals surface area (Å²) in [6.45, 7) is 4.52. The Balaban J connectivity index is 1.35. The van der Waals surface area contributed by atoms with Crippen LogP contribution in [0.15, 0.2) is 71.5 Å². The fourth-order valence-electron chi connectivity index (χ4n) is 3.47. The summed E-state index contributed by atoms with van der Waals surface area (Å²) in [6.07, 6.45) is 1.07. The number of aromatic nitrogens is 2. The number of benzene rings is 2. The molecule has 1 atom stereocenters. The van der Waals surface area contributed by atoms with Gasteiger partial charge in [-0.3, -0.25) is 4.79 Å². The molecule has 0 N–H and O–H groups in total. The summed E-state index contributed by atoms with van der Waals surface area (Å²) in [4.78, 5) is 25.7. The van der Waals surface area contributed by atoms with Crippen molar-refractivity contribution in [2.24, 2.45) is 0 Å². The second kappa shape index (κ2) is 9.26. The van der Waals surface area contributed by atoms with Gasteiger partial charge in [0.2, 0.25) is 0 Å². The monoisotopic (exact) mass is 466 g/mol. The highest BCUT2D eigenvalue weighted by Crippen LogP contribution is 2.22. The summed E-state index contributed by atoms with van der Waals surface area (Å²) < 4.78 is 6.79. The van der Waals surface area contributed by atoms with Crippen LogP contribution in [0.2, 0.25) is 0 Å². The van der Waals surface area contributed by atoms with Crippen molar-refractivity contribution in [3.8, 4) is 17.0 Å². The lowest BCUT2D eigenvalue weighted by Gasteiger charge is -2.36. The molecular weight excluding hydrogens is 444 g/mol. The molecule has 0 aliphatic carbocycles. The van der Waals surface area contributed by atoms with Gasteiger partial charge in [-0.05, 0) is 31.2 Å². The summed E-state index contributed by atoms with van der Waals surface area (Å²) in [6, 6.07) is 19.6. The minimum atomic E-state index is -0.526. The van der Waals surface area contributed by atoms with Gasteiger partial charge in [-0.2, -0.15) is 0 Å². The number of carbonyl (C=O) groups is 1. The molecule has 2 aromatic carbocycles. The van der Waals surface area contributed by atoms with Crippen LogP contribution in [0.1, 0.15) is 6.92 Å². The van der Waals surface area contributed by atoms with E-state index in [0.29, 0.717) is 18.8 Å². The lowest BCUT2D eigenvalue weighted by atomic mass is 10.1. The third-order valence-corrected chi connectivity index (χ3v) is 5.64. The Kier molecular flexibility index (Phi) is 6.28. The van der Waals surface area contributed by atoms with Crippen LogP contribution in [-0.2, 0) is 4.79 Å². The molecule has 7 heteroatoms. The Bertz CT molecular complexity index is 990. The fraction of sp³-hybridized carbons (Fsp3) is 0.261. The van der Waals surface area contributed by atoms with Gasteiger partial charge in [0.05, 0.1) is 5.69 Å². The fourth-order valence-corrected chi connectivity index (χ4v) is 3.73. The van der Waals surface area contributed by atoms with E-state index in [1.165, 1.54) is 0 Å². The number of nitrogens with zero attached hydrogens (tertiary/aromatic N) is 4. The average molecular weight is 467 g/mol. The first-order valence-electron chi connectivity index (χ1n) is 9.93. The van der Waals surface area contributed by atoms with Gasteiger partial charge in [-0.15, -0.1) is 0 Å². The summed E-state index contributed by atoms with van der Waals surface area (Å²) in [5, 5.41) is 0. The van der Waals surface area contributed by atoms with Crippen LogP contribution in [0.3, 0.4) is 0 Å². The molecule has 1 fully saturated rings. The van der Waals surface area contributed by atoms with Crippen molar-refractivity contribution in [2.45, 2.75) is 13.0 Å². The normalized spacial score (nSPS) is 15.0. The highest BCUT2D eigenvalue weighted by Gasteiger charge is 2.26. The van der Waals surface area contributed by atoms with Gasteiger partial charge in [-0.1, -0.05) is 46.3 Å². The summed E-state index contributed by atoms with van der Waals surface area (Å²) in [7, 11) is 0. The minimum Gasteiger partial charge on any atom is -0.481 e. The van der Waals surface area contributed by atoms with Crippen LogP contribution in [0.4, 0.5) is 5.82 Å². The van der Waals surface area contributed by atoms with E-state index in [4.69, 9.17) is 4.74 Å². The Morgan fingerprint density at radius 2 is 1.70 bits per heavy atom. The smallest absolute Gasteiger partial charge is 0.263 e. The molecule has 3 aromatic rings. The predicted molar refractivity (Wildman–Crippen MR) is 120 cm³/mol. The molecule has 2 heterocycles. The van der Waals surface area contributed by atoms with Crippen LogP contribution < -0.4 is 9.64 Å². The molecule has 1 aliphatic heterocycles. The van der Waals surface area contributed by atoms with Crippen molar-refractivity contribution in [1.29, 1.82) is 0 Å². The molecule has 1 aliphatic rings. The zero-order valence-electron chi connectivity index (χ0n) is 16.7. The number of ether oxygens (including phenoxy) is 1. The van der Waals surface area contributed by atoms with Crippen LogP contribution in [0.5, 0.6) is 5.75 Å². The number of hydrogen-bond donors (Lipinski definition) is 0. The largest absolute Gasteiger partial charge is 0.481 e. The summed E-state index contributed by atoms with van der Waals surface area (Å²) in [5.74, 6) is 1.58. The topological polar surface area (TPSA) is 58.6 Å². The number of anilines is 1. The van der Waals surface area contributed by atoms with Crippen LogP contribution in [0, 0.1) is 0 Å². The van der Waals surface area contributed by atoms with Crippen molar-refractivity contribution in [3.63, 3.8) is 0 Å². The first-order chi connectivity index (χ1) is 14.6. The molecule has 6 nitrogen and oxygen atoms in total. The lowest BCUT2D eigenvalue weighted by Crippen LogP contribution is -2.52. The average Bonchev–Trinajstić information content (AvgIpc) is 2.81. The summed E-state index contributed by atoms with van der Waals surface area (Å²) in [5.41, 5.74) is 1.96. The molecule has 154 valence electrons. The Morgan fingerprint density at radius 1 is 1.00 bits per heavy atom. The molecule has 1 unspecified atom stereocenters. The first-order valence-corrected chi connectivity index (χ1v) is 10.7. The van der Waals surface area contributed by atoms with E-state index in [9.17, 15) is 4.79 Å². The molecule has 30 heavy (non-hydrogen) atoms. The van der Waals surface area contributed by atoms with Gasteiger partial charge in [0.15, 0.2) is 6.10 Å². The quantitative estimate of drug-likeness (QED) is 0.568. The number of carbonyl (C=O) groups excluding carboxylic acids is 1. The third kappa shape index (κ3) is 4.79. The Hall–Kier alpha value is -2.93. The standard InChI is InChI=1S/C23H23BrN4O2/c1-17(30-20-9-7-19(24)8-10-20)23(29)28-13-11-27(12-14-28)22-15-21(25-16-26-22)18-5-3-2-4-6-18/h2-10,15-17H,11-14H2,1H3. The minimum absolute atomic E-state index is 0.00484. The molecule has 0 bridgehead atoms. The Labute approximate surface area is 184 Å². The van der Waals surface area contributed by atoms with Gasteiger partial charge in [-0.25, -0.2) is 9.97 Å². The maximum Gasteiger partial charge on any atom is 0.263 e. The maximum absolute atomic E-state index is 12.8. The van der Waals surface area contributed by atoms with Gasteiger partial charge in [0, 0.05) is 42.3 Å². The molecule has 1 saturated heterocycles. The van der Waals surface area contributed by atoms with Crippen molar-refractivity contribution < 1.29 is 9.53 Å². The van der Waals surface area contributed by atoms with E-state index < -0.39 is 6.10 Å². The number of piperazine rings is 1. The van der Waals surface area contributed by atoms with Crippen molar-refractivity contribution in [3.05, 3.63) is 71.5 Å². The number of amides is 1. The second-order valence-corrected chi connectivity index (χ2v) is 8.07. The predicted octanol–water partition coefficient (Wildman–Crippen LogP) is 4.02. The number of rotatable bonds is 5. The number of hydrogen-bond acceptors (Lipinski definition) is 5. The maximum atomic E-state index is 12.8. The van der Waals surface area contributed by atoms with Gasteiger partial charge in [0.1, 0.15) is 17.9 Å². The Morgan fingerprint density at radius 3 is 2.40 bits per heavy atom. The SMILES string of the molecule is CC(Oc1ccc(Br)cc1)C(=O)N1CCN(c2cc(-c3ccccc3)ncn2)CC1. The summed E-state index contributed by atoms with van der Waals surface area (Å²) >= 11 is 3.40. The molecule has 1 amide bonds. The lowest BCUT2D eigenvalue weighted by molar-refractivity contribution is -0.138. The van der Waals surface area contributed by atoms with Gasteiger partial charge >= 0.3 is 0 Å². The van der Waals surface area contributed by atoms with E-state index in [2.05, 4.69) is 30.8 Å². The van der Waals surface area contributed by atoms with Crippen molar-refractivity contribution >= 4 is 27.7 Å². The van der Waals surface area contributed by atoms with E-state index in [1.54, 1.807) is 13.3 Å². The molecule has 0 saturated carbocycles. The van der Waals surface area contributed by atoms with Gasteiger partial charge < -0.3 is 14.5 Å². The van der Waals surface area contributed by atoms with E-state index in [1.807, 2.05) is 65.6 Å². The first kappa shape index (κ1) is 20.3. The molecular formula is C23H23BrN4O2. The van der Waals surface area contributed by atoms with E-state index in [0.717, 1.165) is 34.6 Å². The molecule has 0 radical (unpaired) electrons. The van der Waals surface area contributed by atoms with Crippen molar-refractivity contribution in [2.75, 3.05) is 31.1 Å². The zero-order chi connectivity index (χ0) is 20.9. The molecule has 1 aromatic heterocycles. The van der Waals surface area contributed by atoms with Crippen LogP contribution in [0.25, 0.3) is 11.3 Å². The van der Waals surface area contributed by atoms with E-state index in [-0.39, 0.29) is 5.91 Å². The second-order valence-electron chi connectivity index (χ2n) is 7.15. The highest BCUT2D eigenvalue weighted by molar-refractivity contribution is 9.10. The number of halogens is 1. The third-order valence-electron chi connectivity index (χ3n) is 5.11. The molecule has 4 rings (SSSR count). The highest BCUT2D eigenvalue weighted by atomic mass is 79.9. The molecule has 0 spiro atoms. The zero-order valence-corrected chi connectivity index (χ0v) is 18.3. The van der Waals surface area contributed by atoms with Crippen LogP contribution in [-0.4, -0.2) is 53.1 Å². The van der Waals surface area contributed by atoms with Crippen LogP contribution >= 0.6 is 15.9 Å².